The van der Waals surface area contributed by atoms with Crippen molar-refractivity contribution in [2.24, 2.45) is 0 Å². The normalized spacial score (nSPS) is 15.8. The van der Waals surface area contributed by atoms with E-state index >= 15 is 0 Å². The molecule has 0 unspecified atom stereocenters. The van der Waals surface area contributed by atoms with E-state index in [9.17, 15) is 0 Å². The number of hydrogen-bond donors (Lipinski definition) is 0. The largest absolute Gasteiger partial charge is 0.454 e. The number of fused-ring (bicyclic) bond motifs is 12. The van der Waals surface area contributed by atoms with Gasteiger partial charge in [-0.05, 0) is 139 Å². The number of benzene rings is 7. The Hall–Kier alpha value is -6.98. The van der Waals surface area contributed by atoms with E-state index in [0.29, 0.717) is 0 Å². The van der Waals surface area contributed by atoms with E-state index in [-0.39, 0.29) is 33.8 Å². The Balaban J connectivity index is 1.18. The number of furan rings is 1. The fourth-order valence-electron chi connectivity index (χ4n) is 13.1. The second-order valence-corrected chi connectivity index (χ2v) is 26.6. The molecule has 0 radical (unpaired) electrons. The number of allylic oxidation sites excluding steroid dienone is 4. The highest BCUT2D eigenvalue weighted by molar-refractivity contribution is 7.00. The summed E-state index contributed by atoms with van der Waals surface area (Å²) in [6.07, 6.45) is 7.20. The summed E-state index contributed by atoms with van der Waals surface area (Å²) in [5, 5.41) is 3.61. The standard InChI is InChI=1S/C69H70BN3O/c1-65(2,3)41-25-31-45(32-26-41)71(46-33-27-42(28-34-46)66(4,5)6)47-39-57-61-58(40-47)73-62-51(60-50-19-15-16-22-52(50)69(13,14)64(60)73)21-17-23-54(62)70(61)53-36-30-43(67(7,8)9)37-56(53)72(57)55-24-18-20-49-48-35-29-44(68(10,11)12)38-59(48)74-63(49)55/h17-40H,15-16H2,1-14H3. The van der Waals surface area contributed by atoms with Gasteiger partial charge in [0, 0.05) is 66.8 Å². The molecule has 2 aliphatic heterocycles. The number of nitrogens with zero attached hydrogens (tertiary/aromatic N) is 3. The topological polar surface area (TPSA) is 24.6 Å². The first-order valence-corrected chi connectivity index (χ1v) is 27.2. The van der Waals surface area contributed by atoms with Gasteiger partial charge in [-0.15, -0.1) is 0 Å². The van der Waals surface area contributed by atoms with E-state index in [1.165, 1.54) is 89.0 Å². The average Bonchev–Trinajstić information content (AvgIpc) is 4.00. The number of anilines is 6. The second kappa shape index (κ2) is 15.5. The summed E-state index contributed by atoms with van der Waals surface area (Å²) in [7, 11) is 0. The quantitative estimate of drug-likeness (QED) is 0.164. The van der Waals surface area contributed by atoms with Crippen LogP contribution in [0.15, 0.2) is 156 Å². The van der Waals surface area contributed by atoms with Crippen molar-refractivity contribution in [1.82, 2.24) is 4.57 Å². The molecule has 0 atom stereocenters. The van der Waals surface area contributed by atoms with Crippen molar-refractivity contribution in [3.05, 3.63) is 185 Å². The highest BCUT2D eigenvalue weighted by atomic mass is 16.3. The summed E-state index contributed by atoms with van der Waals surface area (Å²) < 4.78 is 9.98. The minimum Gasteiger partial charge on any atom is -0.454 e. The maximum Gasteiger partial charge on any atom is 0.252 e. The molecule has 2 aromatic heterocycles. The molecular weight excluding hydrogens is 898 g/mol. The third kappa shape index (κ3) is 6.80. The highest BCUT2D eigenvalue weighted by Gasteiger charge is 2.49. The number of rotatable bonds is 4. The molecule has 4 heterocycles. The molecule has 13 rings (SSSR count). The zero-order valence-electron chi connectivity index (χ0n) is 46.1. The van der Waals surface area contributed by atoms with Crippen molar-refractivity contribution in [2.75, 3.05) is 9.80 Å². The Morgan fingerprint density at radius 3 is 1.72 bits per heavy atom. The maximum atomic E-state index is 7.25. The van der Waals surface area contributed by atoms with Crippen LogP contribution in [-0.2, 0) is 27.1 Å². The average molecular weight is 968 g/mol. The van der Waals surface area contributed by atoms with Crippen LogP contribution in [0.2, 0.25) is 0 Å². The van der Waals surface area contributed by atoms with Crippen LogP contribution in [0.4, 0.5) is 34.1 Å². The van der Waals surface area contributed by atoms with Crippen LogP contribution in [0.5, 0.6) is 0 Å². The number of para-hydroxylation sites is 2. The zero-order chi connectivity index (χ0) is 51.8. The van der Waals surface area contributed by atoms with Crippen molar-refractivity contribution in [3.63, 3.8) is 0 Å². The monoisotopic (exact) mass is 968 g/mol. The molecule has 0 amide bonds. The van der Waals surface area contributed by atoms with Gasteiger partial charge in [-0.25, -0.2) is 0 Å². The zero-order valence-corrected chi connectivity index (χ0v) is 46.1. The molecule has 0 saturated heterocycles. The predicted molar refractivity (Wildman–Crippen MR) is 318 cm³/mol. The van der Waals surface area contributed by atoms with E-state index in [1.807, 2.05) is 0 Å². The van der Waals surface area contributed by atoms with E-state index < -0.39 is 0 Å². The lowest BCUT2D eigenvalue weighted by atomic mass is 9.33. The summed E-state index contributed by atoms with van der Waals surface area (Å²) in [6, 6.07) is 51.9. The molecule has 2 aliphatic carbocycles. The summed E-state index contributed by atoms with van der Waals surface area (Å²) >= 11 is 0. The van der Waals surface area contributed by atoms with Gasteiger partial charge in [-0.2, -0.15) is 0 Å². The first kappa shape index (κ1) is 46.8. The van der Waals surface area contributed by atoms with Crippen molar-refractivity contribution in [3.8, 4) is 5.69 Å². The molecule has 0 N–H and O–H groups in total. The third-order valence-corrected chi connectivity index (χ3v) is 17.2. The van der Waals surface area contributed by atoms with Crippen molar-refractivity contribution in [2.45, 2.75) is 137 Å². The Morgan fingerprint density at radius 1 is 0.500 bits per heavy atom. The first-order chi connectivity index (χ1) is 35.0. The van der Waals surface area contributed by atoms with Crippen molar-refractivity contribution < 1.29 is 4.42 Å². The van der Waals surface area contributed by atoms with Crippen molar-refractivity contribution >= 4 is 95.6 Å². The Morgan fingerprint density at radius 2 is 1.07 bits per heavy atom. The minimum absolute atomic E-state index is 0.0108. The fourth-order valence-corrected chi connectivity index (χ4v) is 13.1. The highest BCUT2D eigenvalue weighted by Crippen LogP contribution is 2.57. The van der Waals surface area contributed by atoms with E-state index in [2.05, 4.69) is 257 Å². The van der Waals surface area contributed by atoms with Crippen LogP contribution >= 0.6 is 0 Å². The van der Waals surface area contributed by atoms with Gasteiger partial charge in [0.15, 0.2) is 5.58 Å². The van der Waals surface area contributed by atoms with Gasteiger partial charge in [0.25, 0.3) is 6.71 Å². The molecule has 4 nitrogen and oxygen atoms in total. The number of aromatic nitrogens is 1. The van der Waals surface area contributed by atoms with E-state index in [4.69, 9.17) is 4.42 Å². The lowest BCUT2D eigenvalue weighted by molar-refractivity contribution is 0.587. The molecule has 5 heteroatoms. The molecule has 0 saturated carbocycles. The van der Waals surface area contributed by atoms with Crippen LogP contribution in [0.1, 0.15) is 143 Å². The lowest BCUT2D eigenvalue weighted by Crippen LogP contribution is -2.60. The van der Waals surface area contributed by atoms with Crippen LogP contribution in [0.3, 0.4) is 0 Å². The summed E-state index contributed by atoms with van der Waals surface area (Å²) in [6.45, 7) is 32.6. The SMILES string of the molecule is CC(C)(C)c1ccc(N(c2ccc(C(C)(C)C)cc2)c2cc3c4c(c2)-n2c5c(c6cccc(c62)B4c2ccc(C(C)(C)C)cc2N3c2cccc3c2oc2cc(C(C)(C)C)ccc23)C2=CCCC=C2C5(C)C)cc1. The summed E-state index contributed by atoms with van der Waals surface area (Å²) in [5.74, 6) is 0. The Bertz CT molecular complexity index is 3840. The molecule has 7 aromatic carbocycles. The fraction of sp³-hybridized carbons (Fsp3) is 0.304. The van der Waals surface area contributed by atoms with Gasteiger partial charge in [0.05, 0.1) is 11.4 Å². The predicted octanol–water partition coefficient (Wildman–Crippen LogP) is 17.2. The molecule has 0 bridgehead atoms. The molecular formula is C69H70BN3O. The summed E-state index contributed by atoms with van der Waals surface area (Å²) in [4.78, 5) is 5.10. The minimum atomic E-state index is -0.224. The van der Waals surface area contributed by atoms with Crippen LogP contribution in [-0.4, -0.2) is 11.3 Å². The molecule has 370 valence electrons. The van der Waals surface area contributed by atoms with Crippen molar-refractivity contribution in [1.29, 1.82) is 0 Å². The van der Waals surface area contributed by atoms with Crippen LogP contribution in [0, 0.1) is 0 Å². The van der Waals surface area contributed by atoms with E-state index in [0.717, 1.165) is 57.5 Å². The molecule has 0 spiro atoms. The second-order valence-electron chi connectivity index (χ2n) is 26.6. The number of hydrogen-bond acceptors (Lipinski definition) is 3. The molecule has 9 aromatic rings. The Labute approximate surface area is 439 Å². The van der Waals surface area contributed by atoms with Gasteiger partial charge in [-0.3, -0.25) is 0 Å². The molecule has 0 fully saturated rings. The van der Waals surface area contributed by atoms with E-state index in [1.54, 1.807) is 0 Å². The van der Waals surface area contributed by atoms with Gasteiger partial charge < -0.3 is 18.8 Å². The van der Waals surface area contributed by atoms with Crippen LogP contribution < -0.4 is 26.2 Å². The first-order valence-electron chi connectivity index (χ1n) is 27.2. The lowest BCUT2D eigenvalue weighted by Gasteiger charge is -2.42. The maximum absolute atomic E-state index is 7.25. The third-order valence-electron chi connectivity index (χ3n) is 17.2. The smallest absolute Gasteiger partial charge is 0.252 e. The van der Waals surface area contributed by atoms with Gasteiger partial charge in [-0.1, -0.05) is 188 Å². The van der Waals surface area contributed by atoms with Gasteiger partial charge >= 0.3 is 0 Å². The molecule has 4 aliphatic rings. The molecule has 74 heavy (non-hydrogen) atoms. The van der Waals surface area contributed by atoms with Gasteiger partial charge in [0.1, 0.15) is 5.58 Å². The van der Waals surface area contributed by atoms with Gasteiger partial charge in [0.2, 0.25) is 0 Å². The summed E-state index contributed by atoms with van der Waals surface area (Å²) in [5.41, 5.74) is 25.7. The van der Waals surface area contributed by atoms with Crippen LogP contribution in [0.25, 0.3) is 44.1 Å². The Kier molecular flexibility index (Phi) is 9.83.